The molecule has 152 valence electrons. The Hall–Kier alpha value is -2.66. The van der Waals surface area contributed by atoms with Gasteiger partial charge in [0.05, 0.1) is 22.9 Å². The monoisotopic (exact) mass is 419 g/mol. The number of thioether (sulfide) groups is 1. The number of hydrogen-bond donors (Lipinski definition) is 0. The Morgan fingerprint density at radius 2 is 1.76 bits per heavy atom. The van der Waals surface area contributed by atoms with Crippen LogP contribution in [0.1, 0.15) is 16.7 Å². The molecular weight excluding hydrogens is 399 g/mol. The lowest BCUT2D eigenvalue weighted by Gasteiger charge is -2.36. The van der Waals surface area contributed by atoms with E-state index in [1.165, 1.54) is 17.8 Å². The minimum Gasteiger partial charge on any atom is -0.368 e. The van der Waals surface area contributed by atoms with Crippen molar-refractivity contribution in [2.24, 2.45) is 0 Å². The van der Waals surface area contributed by atoms with Crippen molar-refractivity contribution >= 4 is 23.4 Å². The van der Waals surface area contributed by atoms with E-state index in [2.05, 4.69) is 6.07 Å². The molecule has 1 amide bonds. The predicted octanol–water partition coefficient (Wildman–Crippen LogP) is 4.16. The van der Waals surface area contributed by atoms with Crippen LogP contribution in [-0.2, 0) is 16.7 Å². The van der Waals surface area contributed by atoms with Crippen LogP contribution in [0.5, 0.6) is 0 Å². The summed E-state index contributed by atoms with van der Waals surface area (Å²) in [5.41, 5.74) is 1.53. The molecule has 1 fully saturated rings. The second-order valence-corrected chi connectivity index (χ2v) is 7.70. The Morgan fingerprint density at radius 3 is 2.38 bits per heavy atom. The van der Waals surface area contributed by atoms with E-state index in [9.17, 15) is 18.0 Å². The van der Waals surface area contributed by atoms with E-state index in [1.54, 1.807) is 23.1 Å². The molecule has 29 heavy (non-hydrogen) atoms. The standard InChI is InChI=1S/C21H20F3N3OS/c22-21(23,24)18-2-1-3-19(12-18)26-8-10-27(11-9-26)20(28)15-29-14-17-6-4-16(13-25)5-7-17/h1-7,12H,8-11,14-15H2. The van der Waals surface area contributed by atoms with Gasteiger partial charge in [-0.1, -0.05) is 18.2 Å². The SMILES string of the molecule is N#Cc1ccc(CSCC(=O)N2CCN(c3cccc(C(F)(F)F)c3)CC2)cc1. The number of rotatable bonds is 5. The van der Waals surface area contributed by atoms with Gasteiger partial charge in [-0.25, -0.2) is 0 Å². The molecule has 2 aromatic rings. The topological polar surface area (TPSA) is 47.3 Å². The van der Waals surface area contributed by atoms with Crippen LogP contribution >= 0.6 is 11.8 Å². The molecule has 3 rings (SSSR count). The molecule has 0 aliphatic carbocycles. The van der Waals surface area contributed by atoms with E-state index >= 15 is 0 Å². The number of alkyl halides is 3. The van der Waals surface area contributed by atoms with Crippen molar-refractivity contribution in [2.45, 2.75) is 11.9 Å². The Bertz CT molecular complexity index is 885. The van der Waals surface area contributed by atoms with E-state index in [1.807, 2.05) is 17.0 Å². The van der Waals surface area contributed by atoms with Crippen molar-refractivity contribution in [3.8, 4) is 6.07 Å². The lowest BCUT2D eigenvalue weighted by molar-refractivity contribution is -0.137. The third-order valence-electron chi connectivity index (χ3n) is 4.75. The number of nitriles is 1. The maximum atomic E-state index is 12.9. The molecule has 0 unspecified atom stereocenters. The first-order valence-electron chi connectivity index (χ1n) is 9.13. The molecule has 0 aromatic heterocycles. The minimum atomic E-state index is -4.36. The van der Waals surface area contributed by atoms with Crippen LogP contribution < -0.4 is 4.90 Å². The molecule has 0 saturated carbocycles. The van der Waals surface area contributed by atoms with Crippen LogP contribution in [0.3, 0.4) is 0 Å². The lowest BCUT2D eigenvalue weighted by Crippen LogP contribution is -2.49. The maximum Gasteiger partial charge on any atom is 0.416 e. The van der Waals surface area contributed by atoms with E-state index in [0.717, 1.165) is 17.7 Å². The van der Waals surface area contributed by atoms with Gasteiger partial charge in [0, 0.05) is 37.6 Å². The van der Waals surface area contributed by atoms with Crippen LogP contribution in [0.2, 0.25) is 0 Å². The summed E-state index contributed by atoms with van der Waals surface area (Å²) in [6.45, 7) is 2.00. The summed E-state index contributed by atoms with van der Waals surface area (Å²) in [5, 5.41) is 8.80. The van der Waals surface area contributed by atoms with Crippen molar-refractivity contribution in [3.05, 3.63) is 65.2 Å². The van der Waals surface area contributed by atoms with Crippen LogP contribution in [0, 0.1) is 11.3 Å². The van der Waals surface area contributed by atoms with E-state index in [-0.39, 0.29) is 5.91 Å². The van der Waals surface area contributed by atoms with Gasteiger partial charge in [0.15, 0.2) is 0 Å². The largest absolute Gasteiger partial charge is 0.416 e. The number of carbonyl (C=O) groups is 1. The Labute approximate surface area is 171 Å². The molecule has 0 radical (unpaired) electrons. The summed E-state index contributed by atoms with van der Waals surface area (Å²) in [6.07, 6.45) is -4.36. The minimum absolute atomic E-state index is 0.0346. The molecule has 0 bridgehead atoms. The van der Waals surface area contributed by atoms with Gasteiger partial charge in [0.25, 0.3) is 0 Å². The van der Waals surface area contributed by atoms with Gasteiger partial charge < -0.3 is 9.80 Å². The Balaban J connectivity index is 1.46. The molecule has 1 aliphatic heterocycles. The van der Waals surface area contributed by atoms with E-state index in [0.29, 0.717) is 48.9 Å². The van der Waals surface area contributed by atoms with Crippen molar-refractivity contribution in [3.63, 3.8) is 0 Å². The summed E-state index contributed by atoms with van der Waals surface area (Å²) in [4.78, 5) is 16.0. The number of benzene rings is 2. The molecule has 1 aliphatic rings. The fourth-order valence-electron chi connectivity index (χ4n) is 3.12. The molecule has 0 atom stereocenters. The molecular formula is C21H20F3N3OS. The van der Waals surface area contributed by atoms with Crippen LogP contribution in [0.15, 0.2) is 48.5 Å². The molecule has 1 heterocycles. The molecule has 2 aromatic carbocycles. The summed E-state index contributed by atoms with van der Waals surface area (Å²) in [5.74, 6) is 1.07. The second-order valence-electron chi connectivity index (χ2n) is 6.72. The number of hydrogen-bond acceptors (Lipinski definition) is 4. The highest BCUT2D eigenvalue weighted by Gasteiger charge is 2.31. The smallest absolute Gasteiger partial charge is 0.368 e. The van der Waals surface area contributed by atoms with Gasteiger partial charge in [0.1, 0.15) is 0 Å². The Kier molecular flexibility index (Phi) is 6.70. The summed E-state index contributed by atoms with van der Waals surface area (Å²) < 4.78 is 38.7. The van der Waals surface area contributed by atoms with Crippen molar-refractivity contribution < 1.29 is 18.0 Å². The zero-order chi connectivity index (χ0) is 20.9. The van der Waals surface area contributed by atoms with Crippen molar-refractivity contribution in [1.29, 1.82) is 5.26 Å². The predicted molar refractivity (Wildman–Crippen MR) is 108 cm³/mol. The molecule has 8 heteroatoms. The fraction of sp³-hybridized carbons (Fsp3) is 0.333. The highest BCUT2D eigenvalue weighted by atomic mass is 32.2. The summed E-state index contributed by atoms with van der Waals surface area (Å²) in [6, 6.07) is 14.6. The second kappa shape index (κ2) is 9.23. The van der Waals surface area contributed by atoms with Gasteiger partial charge in [-0.2, -0.15) is 18.4 Å². The molecule has 0 N–H and O–H groups in total. The number of halogens is 3. The van der Waals surface area contributed by atoms with E-state index in [4.69, 9.17) is 5.26 Å². The molecule has 4 nitrogen and oxygen atoms in total. The van der Waals surface area contributed by atoms with Gasteiger partial charge in [-0.3, -0.25) is 4.79 Å². The lowest BCUT2D eigenvalue weighted by atomic mass is 10.1. The number of amides is 1. The number of anilines is 1. The van der Waals surface area contributed by atoms with Gasteiger partial charge in [-0.05, 0) is 35.9 Å². The average Bonchev–Trinajstić information content (AvgIpc) is 2.74. The quantitative estimate of drug-likeness (QED) is 0.730. The summed E-state index contributed by atoms with van der Waals surface area (Å²) in [7, 11) is 0. The first kappa shape index (κ1) is 21.1. The van der Waals surface area contributed by atoms with Gasteiger partial charge in [-0.15, -0.1) is 11.8 Å². The van der Waals surface area contributed by atoms with Crippen LogP contribution in [0.4, 0.5) is 18.9 Å². The third-order valence-corrected chi connectivity index (χ3v) is 5.74. The van der Waals surface area contributed by atoms with E-state index < -0.39 is 11.7 Å². The highest BCUT2D eigenvalue weighted by molar-refractivity contribution is 7.99. The fourth-order valence-corrected chi connectivity index (χ4v) is 4.00. The number of nitrogens with zero attached hydrogens (tertiary/aromatic N) is 3. The zero-order valence-corrected chi connectivity index (χ0v) is 16.5. The van der Waals surface area contributed by atoms with Gasteiger partial charge in [0.2, 0.25) is 5.91 Å². The van der Waals surface area contributed by atoms with Crippen molar-refractivity contribution in [2.75, 3.05) is 36.8 Å². The van der Waals surface area contributed by atoms with Crippen LogP contribution in [0.25, 0.3) is 0 Å². The summed E-state index contributed by atoms with van der Waals surface area (Å²) >= 11 is 1.51. The normalized spacial score (nSPS) is 14.6. The highest BCUT2D eigenvalue weighted by Crippen LogP contribution is 2.31. The average molecular weight is 419 g/mol. The van der Waals surface area contributed by atoms with Crippen molar-refractivity contribution in [1.82, 2.24) is 4.90 Å². The number of carbonyl (C=O) groups excluding carboxylic acids is 1. The first-order chi connectivity index (χ1) is 13.9. The molecule has 0 spiro atoms. The first-order valence-corrected chi connectivity index (χ1v) is 10.3. The third kappa shape index (κ3) is 5.67. The zero-order valence-electron chi connectivity index (χ0n) is 15.7. The van der Waals surface area contributed by atoms with Gasteiger partial charge >= 0.3 is 6.18 Å². The molecule has 1 saturated heterocycles. The Morgan fingerprint density at radius 1 is 1.07 bits per heavy atom. The maximum absolute atomic E-state index is 12.9. The number of piperazine rings is 1. The van der Waals surface area contributed by atoms with Crippen LogP contribution in [-0.4, -0.2) is 42.7 Å².